The number of nitrogens with one attached hydrogen (secondary N) is 1. The van der Waals surface area contributed by atoms with Gasteiger partial charge in [0.1, 0.15) is 0 Å². The summed E-state index contributed by atoms with van der Waals surface area (Å²) in [6, 6.07) is 1.76. The third kappa shape index (κ3) is 17.3. The molecule has 0 aromatic rings. The highest BCUT2D eigenvalue weighted by atomic mass is 28.4. The molecule has 7 nitrogen and oxygen atoms in total. The zero-order valence-corrected chi connectivity index (χ0v) is 23.3. The van der Waals surface area contributed by atoms with Gasteiger partial charge in [-0.2, -0.15) is 0 Å². The Morgan fingerprint density at radius 3 is 1.58 bits per heavy atom. The Morgan fingerprint density at radius 2 is 1.16 bits per heavy atom. The third-order valence-electron chi connectivity index (χ3n) is 5.13. The van der Waals surface area contributed by atoms with Gasteiger partial charge in [0.2, 0.25) is 8.32 Å². The molecule has 0 aromatic heterocycles. The molecular weight excluding hydrogens is 430 g/mol. The van der Waals surface area contributed by atoms with Crippen LogP contribution in [0.5, 0.6) is 0 Å². The minimum absolute atomic E-state index is 0.0104. The molecule has 0 amide bonds. The summed E-state index contributed by atoms with van der Waals surface area (Å²) in [6.45, 7) is 14.4. The average molecular weight is 484 g/mol. The van der Waals surface area contributed by atoms with Crippen molar-refractivity contribution in [3.05, 3.63) is 0 Å². The highest BCUT2D eigenvalue weighted by molar-refractivity contribution is 6.73. The van der Waals surface area contributed by atoms with E-state index in [1.165, 1.54) is 25.7 Å². The molecule has 0 unspecified atom stereocenters. The van der Waals surface area contributed by atoms with Crippen molar-refractivity contribution in [2.45, 2.75) is 91.7 Å². The summed E-state index contributed by atoms with van der Waals surface area (Å²) >= 11 is 0. The lowest BCUT2D eigenvalue weighted by Gasteiger charge is -2.28. The number of hydrogen-bond acceptors (Lipinski definition) is 7. The largest absolute Gasteiger partial charge is 0.500 e. The molecule has 0 bridgehead atoms. The lowest BCUT2D eigenvalue weighted by Crippen LogP contribution is -2.46. The Kier molecular flexibility index (Phi) is 25.1. The average Bonchev–Trinajstić information content (AvgIpc) is 2.78. The van der Waals surface area contributed by atoms with E-state index in [2.05, 4.69) is 19.2 Å². The first-order valence-electron chi connectivity index (χ1n) is 12.4. The summed E-state index contributed by atoms with van der Waals surface area (Å²) in [7, 11) is -2.95. The molecule has 0 aliphatic carbocycles. The maximum absolute atomic E-state index is 9.23. The maximum Gasteiger partial charge on any atom is 0.500 e. The molecule has 0 radical (unpaired) electrons. The van der Waals surface area contributed by atoms with Gasteiger partial charge in [-0.15, -0.1) is 0 Å². The molecular formula is C22H53NO6Si2. The lowest BCUT2D eigenvalue weighted by molar-refractivity contribution is 0.0708. The molecule has 31 heavy (non-hydrogen) atoms. The Balaban J connectivity index is 0. The lowest BCUT2D eigenvalue weighted by atomic mass is 10.2. The minimum atomic E-state index is -2.32. The summed E-state index contributed by atoms with van der Waals surface area (Å²) in [5.41, 5.74) is 0. The number of aliphatic hydroxyl groups excluding tert-OH is 2. The van der Waals surface area contributed by atoms with Crippen LogP contribution in [0.2, 0.25) is 12.1 Å². The van der Waals surface area contributed by atoms with Crippen LogP contribution in [0.15, 0.2) is 0 Å². The second kappa shape index (κ2) is 23.3. The van der Waals surface area contributed by atoms with Gasteiger partial charge in [-0.1, -0.05) is 39.5 Å². The Bertz CT molecular complexity index is 338. The van der Waals surface area contributed by atoms with Crippen LogP contribution in [0.1, 0.15) is 79.6 Å². The van der Waals surface area contributed by atoms with E-state index in [-0.39, 0.29) is 12.5 Å². The van der Waals surface area contributed by atoms with E-state index in [1.807, 2.05) is 20.8 Å². The van der Waals surface area contributed by atoms with E-state index in [9.17, 15) is 10.2 Å². The normalized spacial score (nSPS) is 12.0. The highest BCUT2D eigenvalue weighted by Crippen LogP contribution is 2.19. The van der Waals surface area contributed by atoms with Gasteiger partial charge in [0.15, 0.2) is 0 Å². The van der Waals surface area contributed by atoms with Gasteiger partial charge < -0.3 is 33.2 Å². The van der Waals surface area contributed by atoms with Gasteiger partial charge in [0.25, 0.3) is 0 Å². The van der Waals surface area contributed by atoms with Crippen molar-refractivity contribution in [1.29, 1.82) is 0 Å². The molecule has 0 aromatic carbocycles. The summed E-state index contributed by atoms with van der Waals surface area (Å²) < 4.78 is 22.4. The van der Waals surface area contributed by atoms with Crippen LogP contribution in [0.3, 0.4) is 0 Å². The summed E-state index contributed by atoms with van der Waals surface area (Å²) in [5, 5.41) is 21.9. The van der Waals surface area contributed by atoms with Crippen molar-refractivity contribution in [3.8, 4) is 0 Å². The first-order valence-corrected chi connectivity index (χ1v) is 16.8. The maximum atomic E-state index is 9.23. The number of unbranched alkanes of at least 4 members (excludes halogenated alkanes) is 4. The molecule has 190 valence electrons. The Hall–Kier alpha value is 0.154. The van der Waals surface area contributed by atoms with Crippen LogP contribution in [0.4, 0.5) is 0 Å². The Labute approximate surface area is 194 Å². The van der Waals surface area contributed by atoms with Crippen LogP contribution in [0, 0.1) is 0 Å². The predicted octanol–water partition coefficient (Wildman–Crippen LogP) is 4.04. The molecule has 0 saturated carbocycles. The summed E-state index contributed by atoms with van der Waals surface area (Å²) in [4.78, 5) is 0. The Morgan fingerprint density at radius 1 is 0.645 bits per heavy atom. The first-order chi connectivity index (χ1) is 15.0. The zero-order valence-electron chi connectivity index (χ0n) is 21.3. The molecule has 0 aliphatic rings. The van der Waals surface area contributed by atoms with Crippen molar-refractivity contribution in [2.75, 3.05) is 52.5 Å². The fourth-order valence-corrected chi connectivity index (χ4v) is 7.66. The van der Waals surface area contributed by atoms with Gasteiger partial charge in [-0.05, 0) is 59.2 Å². The van der Waals surface area contributed by atoms with Crippen LogP contribution in [-0.4, -0.2) is 79.8 Å². The van der Waals surface area contributed by atoms with Gasteiger partial charge in [0, 0.05) is 33.0 Å². The van der Waals surface area contributed by atoms with Crippen molar-refractivity contribution in [1.82, 2.24) is 5.32 Å². The number of rotatable bonds is 21. The van der Waals surface area contributed by atoms with E-state index >= 15 is 0 Å². The highest BCUT2D eigenvalue weighted by Gasteiger charge is 2.39. The summed E-state index contributed by atoms with van der Waals surface area (Å²) in [5.74, 6) is 0. The molecule has 0 saturated heterocycles. The molecule has 9 heteroatoms. The van der Waals surface area contributed by atoms with Gasteiger partial charge in [-0.25, -0.2) is 0 Å². The second-order valence-electron chi connectivity index (χ2n) is 7.70. The van der Waals surface area contributed by atoms with Crippen molar-refractivity contribution >= 4 is 17.1 Å². The fraction of sp³-hybridized carbons (Fsp3) is 1.00. The number of hydrogen-bond donors (Lipinski definition) is 3. The van der Waals surface area contributed by atoms with Gasteiger partial charge in [0.05, 0.1) is 12.5 Å². The van der Waals surface area contributed by atoms with Crippen LogP contribution in [0.25, 0.3) is 0 Å². The minimum Gasteiger partial charge on any atom is -0.415 e. The van der Waals surface area contributed by atoms with Gasteiger partial charge >= 0.3 is 8.80 Å². The van der Waals surface area contributed by atoms with E-state index < -0.39 is 17.1 Å². The van der Waals surface area contributed by atoms with E-state index in [4.69, 9.17) is 17.7 Å². The second-order valence-corrected chi connectivity index (χ2v) is 14.3. The third-order valence-corrected chi connectivity index (χ3v) is 11.6. The van der Waals surface area contributed by atoms with Crippen molar-refractivity contribution in [3.63, 3.8) is 0 Å². The van der Waals surface area contributed by atoms with Gasteiger partial charge in [-0.3, -0.25) is 0 Å². The van der Waals surface area contributed by atoms with E-state index in [1.54, 1.807) is 7.11 Å². The molecule has 0 rings (SSSR count). The molecule has 0 aliphatic heterocycles. The molecule has 0 spiro atoms. The standard InChI is InChI=1S/C12H29NO3Si.C10H24O3Si/c1-3-4-5-6-8-13-9-7-10-17(11-14,12-15)16-2;1-5-9-10-14(11-6-2,12-7-3)13-8-4/h13-15H,3-12H2,1-2H3;5-10H2,1-4H3. The molecule has 0 atom stereocenters. The zero-order chi connectivity index (χ0) is 23.8. The first kappa shape index (κ1) is 33.3. The topological polar surface area (TPSA) is 89.4 Å². The van der Waals surface area contributed by atoms with E-state index in [0.29, 0.717) is 19.8 Å². The monoisotopic (exact) mass is 483 g/mol. The van der Waals surface area contributed by atoms with Crippen LogP contribution in [-0.2, 0) is 17.7 Å². The predicted molar refractivity (Wildman–Crippen MR) is 134 cm³/mol. The molecule has 0 fully saturated rings. The van der Waals surface area contributed by atoms with Crippen molar-refractivity contribution in [2.24, 2.45) is 0 Å². The van der Waals surface area contributed by atoms with E-state index in [0.717, 1.165) is 44.4 Å². The number of aliphatic hydroxyl groups is 2. The van der Waals surface area contributed by atoms with Crippen LogP contribution >= 0.6 is 0 Å². The SMILES string of the molecule is CCCCCCNCCC[Si](CO)(CO)OC.CCCC[Si](OCC)(OCC)OCC. The summed E-state index contributed by atoms with van der Waals surface area (Å²) in [6.07, 6.45) is 8.38. The van der Waals surface area contributed by atoms with Crippen molar-refractivity contribution < 1.29 is 27.9 Å². The fourth-order valence-electron chi connectivity index (χ4n) is 3.17. The molecule has 3 N–H and O–H groups in total. The van der Waals surface area contributed by atoms with Crippen LogP contribution < -0.4 is 5.32 Å². The molecule has 0 heterocycles. The smallest absolute Gasteiger partial charge is 0.415 e. The quantitative estimate of drug-likeness (QED) is 0.168.